The van der Waals surface area contributed by atoms with Gasteiger partial charge in [0, 0.05) is 12.1 Å². The molecule has 3 rings (SSSR count). The number of hydrogen-bond donors (Lipinski definition) is 3. The summed E-state index contributed by atoms with van der Waals surface area (Å²) in [5.74, 6) is -0.793. The first-order valence-corrected chi connectivity index (χ1v) is 6.00. The van der Waals surface area contributed by atoms with Crippen LogP contribution in [0.4, 0.5) is 0 Å². The van der Waals surface area contributed by atoms with Crippen molar-refractivity contribution in [3.05, 3.63) is 52.7 Å². The number of aromatic hydroxyl groups is 3. The minimum absolute atomic E-state index is 0.0228. The van der Waals surface area contributed by atoms with E-state index in [1.54, 1.807) is 12.1 Å². The van der Waals surface area contributed by atoms with Gasteiger partial charge in [-0.25, -0.2) is 0 Å². The highest BCUT2D eigenvalue weighted by atomic mass is 16.6. The molecule has 1 heterocycles. The SMILES string of the molecule is O=c1cc(Oc2ccccc2O)oc2cc(O)cc(O)c12. The van der Waals surface area contributed by atoms with E-state index >= 15 is 0 Å². The third-order valence-electron chi connectivity index (χ3n) is 2.85. The van der Waals surface area contributed by atoms with Crippen LogP contribution >= 0.6 is 0 Å². The lowest BCUT2D eigenvalue weighted by Gasteiger charge is -2.07. The van der Waals surface area contributed by atoms with E-state index in [-0.39, 0.29) is 39.9 Å². The molecule has 6 heteroatoms. The first-order valence-electron chi connectivity index (χ1n) is 6.00. The number of hydrogen-bond acceptors (Lipinski definition) is 6. The Bertz CT molecular complexity index is 881. The van der Waals surface area contributed by atoms with E-state index in [0.29, 0.717) is 0 Å². The van der Waals surface area contributed by atoms with Crippen LogP contribution in [0, 0.1) is 0 Å². The molecule has 0 fully saturated rings. The maximum Gasteiger partial charge on any atom is 0.294 e. The van der Waals surface area contributed by atoms with Crippen LogP contribution in [0.25, 0.3) is 11.0 Å². The van der Waals surface area contributed by atoms with Gasteiger partial charge in [-0.3, -0.25) is 4.79 Å². The van der Waals surface area contributed by atoms with Gasteiger partial charge in [0.2, 0.25) is 0 Å². The first kappa shape index (κ1) is 12.9. The van der Waals surface area contributed by atoms with E-state index in [1.165, 1.54) is 18.2 Å². The zero-order valence-electron chi connectivity index (χ0n) is 10.6. The van der Waals surface area contributed by atoms with Gasteiger partial charge in [0.1, 0.15) is 22.5 Å². The number of benzene rings is 2. The molecule has 106 valence electrons. The van der Waals surface area contributed by atoms with Gasteiger partial charge < -0.3 is 24.5 Å². The largest absolute Gasteiger partial charge is 0.508 e. The minimum atomic E-state index is -0.529. The number of ether oxygens (including phenoxy) is 1. The Morgan fingerprint density at radius 3 is 2.48 bits per heavy atom. The summed E-state index contributed by atoms with van der Waals surface area (Å²) in [4.78, 5) is 12.0. The van der Waals surface area contributed by atoms with E-state index in [1.807, 2.05) is 0 Å². The van der Waals surface area contributed by atoms with E-state index < -0.39 is 5.43 Å². The lowest BCUT2D eigenvalue weighted by molar-refractivity contribution is 0.334. The Balaban J connectivity index is 2.13. The number of fused-ring (bicyclic) bond motifs is 1. The van der Waals surface area contributed by atoms with Crippen molar-refractivity contribution in [3.63, 3.8) is 0 Å². The Labute approximate surface area is 118 Å². The molecule has 0 atom stereocenters. The van der Waals surface area contributed by atoms with Crippen LogP contribution in [0.3, 0.4) is 0 Å². The van der Waals surface area contributed by atoms with Crippen LogP contribution in [0.15, 0.2) is 51.7 Å². The van der Waals surface area contributed by atoms with Crippen molar-refractivity contribution < 1.29 is 24.5 Å². The molecular formula is C15H10O6. The molecule has 0 amide bonds. The standard InChI is InChI=1S/C15H10O6/c16-8-5-10(18)15-11(19)7-14(21-13(15)6-8)20-12-4-2-1-3-9(12)17/h1-7,16-18H. The molecule has 6 nitrogen and oxygen atoms in total. The quantitative estimate of drug-likeness (QED) is 0.669. The zero-order valence-corrected chi connectivity index (χ0v) is 10.6. The van der Waals surface area contributed by atoms with E-state index in [0.717, 1.165) is 12.1 Å². The fourth-order valence-electron chi connectivity index (χ4n) is 1.93. The Hall–Kier alpha value is -3.15. The van der Waals surface area contributed by atoms with E-state index in [4.69, 9.17) is 9.15 Å². The van der Waals surface area contributed by atoms with Crippen LogP contribution in [-0.4, -0.2) is 15.3 Å². The maximum atomic E-state index is 12.0. The fourth-order valence-corrected chi connectivity index (χ4v) is 1.93. The second-order valence-electron chi connectivity index (χ2n) is 4.34. The number of phenolic OH excluding ortho intramolecular Hbond substituents is 3. The normalized spacial score (nSPS) is 10.7. The van der Waals surface area contributed by atoms with Crippen molar-refractivity contribution in [2.75, 3.05) is 0 Å². The molecule has 0 saturated carbocycles. The highest BCUT2D eigenvalue weighted by Crippen LogP contribution is 2.33. The molecule has 0 saturated heterocycles. The lowest BCUT2D eigenvalue weighted by Crippen LogP contribution is -2.01. The van der Waals surface area contributed by atoms with Crippen molar-refractivity contribution in [2.24, 2.45) is 0 Å². The Kier molecular flexibility index (Phi) is 2.91. The number of rotatable bonds is 2. The summed E-state index contributed by atoms with van der Waals surface area (Å²) in [6, 6.07) is 9.47. The van der Waals surface area contributed by atoms with Gasteiger partial charge in [0.15, 0.2) is 16.9 Å². The topological polar surface area (TPSA) is 100 Å². The molecule has 0 aliphatic heterocycles. The Morgan fingerprint density at radius 1 is 0.952 bits per heavy atom. The monoisotopic (exact) mass is 286 g/mol. The van der Waals surface area contributed by atoms with Crippen LogP contribution in [0.2, 0.25) is 0 Å². The van der Waals surface area contributed by atoms with Crippen LogP contribution in [0.1, 0.15) is 0 Å². The van der Waals surface area contributed by atoms with Crippen molar-refractivity contribution in [1.82, 2.24) is 0 Å². The van der Waals surface area contributed by atoms with Gasteiger partial charge in [-0.15, -0.1) is 0 Å². The van der Waals surface area contributed by atoms with Gasteiger partial charge in [0.25, 0.3) is 5.95 Å². The number of phenols is 3. The molecule has 0 aliphatic carbocycles. The summed E-state index contributed by atoms with van der Waals surface area (Å²) in [5.41, 5.74) is -0.551. The molecule has 0 bridgehead atoms. The van der Waals surface area contributed by atoms with E-state index in [9.17, 15) is 20.1 Å². The predicted molar refractivity (Wildman–Crippen MR) is 74.0 cm³/mol. The van der Waals surface area contributed by atoms with Crippen molar-refractivity contribution in [1.29, 1.82) is 0 Å². The smallest absolute Gasteiger partial charge is 0.294 e. The van der Waals surface area contributed by atoms with Gasteiger partial charge >= 0.3 is 0 Å². The maximum absolute atomic E-state index is 12.0. The summed E-state index contributed by atoms with van der Waals surface area (Å²) in [7, 11) is 0. The van der Waals surface area contributed by atoms with Crippen molar-refractivity contribution >= 4 is 11.0 Å². The minimum Gasteiger partial charge on any atom is -0.508 e. The molecule has 0 aliphatic rings. The second kappa shape index (κ2) is 4.75. The molecular weight excluding hydrogens is 276 g/mol. The molecule has 0 radical (unpaired) electrons. The third-order valence-corrected chi connectivity index (χ3v) is 2.85. The third kappa shape index (κ3) is 2.34. The van der Waals surface area contributed by atoms with Crippen LogP contribution in [0.5, 0.6) is 28.9 Å². The molecule has 0 unspecified atom stereocenters. The molecule has 3 aromatic rings. The van der Waals surface area contributed by atoms with Gasteiger partial charge in [0.05, 0.1) is 6.07 Å². The zero-order chi connectivity index (χ0) is 15.0. The summed E-state index contributed by atoms with van der Waals surface area (Å²) in [6.45, 7) is 0. The molecule has 2 aromatic carbocycles. The summed E-state index contributed by atoms with van der Waals surface area (Å²) >= 11 is 0. The molecule has 21 heavy (non-hydrogen) atoms. The second-order valence-corrected chi connectivity index (χ2v) is 4.34. The lowest BCUT2D eigenvalue weighted by atomic mass is 10.2. The molecule has 0 spiro atoms. The average Bonchev–Trinajstić information content (AvgIpc) is 2.40. The van der Waals surface area contributed by atoms with Gasteiger partial charge in [-0.05, 0) is 12.1 Å². The summed E-state index contributed by atoms with van der Waals surface area (Å²) < 4.78 is 10.6. The number of para-hydroxylation sites is 2. The van der Waals surface area contributed by atoms with Gasteiger partial charge in [-0.2, -0.15) is 0 Å². The highest BCUT2D eigenvalue weighted by Gasteiger charge is 2.13. The van der Waals surface area contributed by atoms with Crippen molar-refractivity contribution in [3.8, 4) is 28.9 Å². The Morgan fingerprint density at radius 2 is 1.71 bits per heavy atom. The van der Waals surface area contributed by atoms with E-state index in [2.05, 4.69) is 0 Å². The van der Waals surface area contributed by atoms with Crippen LogP contribution < -0.4 is 10.2 Å². The van der Waals surface area contributed by atoms with Crippen molar-refractivity contribution in [2.45, 2.75) is 0 Å². The fraction of sp³-hybridized carbons (Fsp3) is 0. The summed E-state index contributed by atoms with van der Waals surface area (Å²) in [5, 5.41) is 28.6. The first-order chi connectivity index (χ1) is 10.0. The van der Waals surface area contributed by atoms with Crippen LogP contribution in [-0.2, 0) is 0 Å². The highest BCUT2D eigenvalue weighted by molar-refractivity contribution is 5.84. The summed E-state index contributed by atoms with van der Waals surface area (Å²) in [6.07, 6.45) is 0. The van der Waals surface area contributed by atoms with Gasteiger partial charge in [-0.1, -0.05) is 12.1 Å². The average molecular weight is 286 g/mol. The molecule has 1 aromatic heterocycles. The molecule has 3 N–H and O–H groups in total. The predicted octanol–water partition coefficient (Wildman–Crippen LogP) is 2.70.